The molecule has 0 amide bonds. The summed E-state index contributed by atoms with van der Waals surface area (Å²) in [6.07, 6.45) is -4.05. The Balaban J connectivity index is 2.66. The molecule has 3 atom stereocenters. The molecule has 6 nitrogen and oxygen atoms in total. The van der Waals surface area contributed by atoms with Crippen molar-refractivity contribution in [1.82, 2.24) is 0 Å². The lowest BCUT2D eigenvalue weighted by atomic mass is 10.1. The van der Waals surface area contributed by atoms with E-state index in [-0.39, 0.29) is 0 Å². The van der Waals surface area contributed by atoms with E-state index in [9.17, 15) is 0 Å². The minimum atomic E-state index is -1.49. The zero-order valence-corrected chi connectivity index (χ0v) is 6.08. The van der Waals surface area contributed by atoms with E-state index in [2.05, 4.69) is 4.74 Å². The van der Waals surface area contributed by atoms with Gasteiger partial charge in [-0.3, -0.25) is 0 Å². The molecule has 70 valence electrons. The predicted octanol–water partition coefficient (Wildman–Crippen LogP) is -1.62. The second kappa shape index (κ2) is 3.18. The lowest BCUT2D eigenvalue weighted by Gasteiger charge is -2.18. The Bertz CT molecular complexity index is 200. The number of hydrogen-bond acceptors (Lipinski definition) is 6. The average Bonchev–Trinajstić information content (AvgIpc) is 2.32. The van der Waals surface area contributed by atoms with Crippen LogP contribution in [0.15, 0.2) is 11.7 Å². The van der Waals surface area contributed by atoms with Crippen molar-refractivity contribution in [3.8, 4) is 0 Å². The van der Waals surface area contributed by atoms with Gasteiger partial charge in [-0.2, -0.15) is 0 Å². The zero-order chi connectivity index (χ0) is 9.30. The van der Waals surface area contributed by atoms with Gasteiger partial charge < -0.3 is 30.3 Å². The van der Waals surface area contributed by atoms with Crippen molar-refractivity contribution in [3.63, 3.8) is 0 Å². The van der Waals surface area contributed by atoms with Crippen LogP contribution in [0.25, 0.3) is 0 Å². The summed E-state index contributed by atoms with van der Waals surface area (Å²) in [6, 6.07) is 0. The molecule has 0 aliphatic carbocycles. The van der Waals surface area contributed by atoms with Gasteiger partial charge in [-0.05, 0) is 0 Å². The van der Waals surface area contributed by atoms with E-state index >= 15 is 0 Å². The molecule has 0 aromatic carbocycles. The maximum absolute atomic E-state index is 9.07. The molecule has 0 unspecified atom stereocenters. The fourth-order valence-corrected chi connectivity index (χ4v) is 0.929. The van der Waals surface area contributed by atoms with Crippen molar-refractivity contribution in [2.45, 2.75) is 18.3 Å². The van der Waals surface area contributed by atoms with Gasteiger partial charge in [-0.1, -0.05) is 0 Å². The summed E-state index contributed by atoms with van der Waals surface area (Å²) in [7, 11) is 0. The third kappa shape index (κ3) is 1.31. The van der Waals surface area contributed by atoms with Crippen LogP contribution in [0.1, 0.15) is 0 Å². The Labute approximate surface area is 68.0 Å². The Morgan fingerprint density at radius 3 is 2.33 bits per heavy atom. The highest BCUT2D eigenvalue weighted by Crippen LogP contribution is 2.23. The Morgan fingerprint density at radius 2 is 2.00 bits per heavy atom. The van der Waals surface area contributed by atoms with Crippen molar-refractivity contribution in [1.29, 1.82) is 0 Å². The van der Waals surface area contributed by atoms with Crippen LogP contribution in [0.4, 0.5) is 0 Å². The molecule has 0 aromatic heterocycles. The lowest BCUT2D eigenvalue weighted by Crippen LogP contribution is -2.38. The summed E-state index contributed by atoms with van der Waals surface area (Å²) in [5.41, 5.74) is 0. The van der Waals surface area contributed by atoms with Crippen molar-refractivity contribution in [3.05, 3.63) is 11.7 Å². The van der Waals surface area contributed by atoms with Gasteiger partial charge in [-0.25, -0.2) is 0 Å². The number of aliphatic hydroxyl groups is 5. The van der Waals surface area contributed by atoms with E-state index in [0.717, 1.165) is 0 Å². The van der Waals surface area contributed by atoms with Gasteiger partial charge in [-0.15, -0.1) is 0 Å². The van der Waals surface area contributed by atoms with E-state index in [1.54, 1.807) is 0 Å². The first-order valence-corrected chi connectivity index (χ1v) is 3.33. The van der Waals surface area contributed by atoms with Crippen LogP contribution in [0.3, 0.4) is 0 Å². The summed E-state index contributed by atoms with van der Waals surface area (Å²) in [6.45, 7) is -0.623. The van der Waals surface area contributed by atoms with Crippen LogP contribution in [-0.4, -0.2) is 50.5 Å². The smallest absolute Gasteiger partial charge is 0.319 e. The number of aliphatic hydroxyl groups excluding tert-OH is 5. The standard InChI is InChI=1S/C6H10O6/c7-1-2(8)5-3(9)4(10)6(11)12-5/h2-3,5,7-11H,1H2/t2-,3+,5+/m0/s1. The van der Waals surface area contributed by atoms with Gasteiger partial charge in [0.15, 0.2) is 12.2 Å². The SMILES string of the molecule is OC[C@H](O)[C@H]1OC(O)=C(O)[C@H]1O. The summed E-state index contributed by atoms with van der Waals surface area (Å²) in [4.78, 5) is 0. The number of rotatable bonds is 2. The van der Waals surface area contributed by atoms with Crippen molar-refractivity contribution >= 4 is 0 Å². The maximum atomic E-state index is 9.07. The first kappa shape index (κ1) is 9.11. The summed E-state index contributed by atoms with van der Waals surface area (Å²) in [5, 5.41) is 44.1. The van der Waals surface area contributed by atoms with Crippen molar-refractivity contribution in [2.24, 2.45) is 0 Å². The van der Waals surface area contributed by atoms with Crippen LogP contribution >= 0.6 is 0 Å². The molecule has 0 fully saturated rings. The molecular weight excluding hydrogens is 168 g/mol. The highest BCUT2D eigenvalue weighted by atomic mass is 16.6. The zero-order valence-electron chi connectivity index (χ0n) is 6.08. The minimum Gasteiger partial charge on any atom is -0.504 e. The minimum absolute atomic E-state index is 0.623. The molecule has 0 spiro atoms. The van der Waals surface area contributed by atoms with Crippen LogP contribution in [0, 0.1) is 0 Å². The Morgan fingerprint density at radius 1 is 1.42 bits per heavy atom. The molecule has 1 heterocycles. The van der Waals surface area contributed by atoms with Gasteiger partial charge in [0.2, 0.25) is 5.76 Å². The van der Waals surface area contributed by atoms with Crippen LogP contribution in [0.5, 0.6) is 0 Å². The van der Waals surface area contributed by atoms with Gasteiger partial charge in [0.25, 0.3) is 0 Å². The van der Waals surface area contributed by atoms with Gasteiger partial charge in [0, 0.05) is 0 Å². The van der Waals surface area contributed by atoms with Crippen LogP contribution in [0.2, 0.25) is 0 Å². The third-order valence-electron chi connectivity index (χ3n) is 1.62. The molecule has 1 rings (SSSR count). The lowest BCUT2D eigenvalue weighted by molar-refractivity contribution is -0.0798. The largest absolute Gasteiger partial charge is 0.504 e. The molecule has 5 N–H and O–H groups in total. The number of ether oxygens (including phenoxy) is 1. The first-order valence-electron chi connectivity index (χ1n) is 3.33. The summed E-state index contributed by atoms with van der Waals surface area (Å²) in [5.74, 6) is -1.55. The first-order chi connectivity index (χ1) is 5.57. The average molecular weight is 178 g/mol. The van der Waals surface area contributed by atoms with E-state index in [1.165, 1.54) is 0 Å². The van der Waals surface area contributed by atoms with E-state index in [0.29, 0.717) is 0 Å². The quantitative estimate of drug-likeness (QED) is 0.348. The molecule has 1 aliphatic rings. The van der Waals surface area contributed by atoms with Crippen LogP contribution in [-0.2, 0) is 4.74 Å². The Hall–Kier alpha value is -0.980. The fraction of sp³-hybridized carbons (Fsp3) is 0.667. The van der Waals surface area contributed by atoms with Crippen LogP contribution < -0.4 is 0 Å². The molecular formula is C6H10O6. The van der Waals surface area contributed by atoms with E-state index in [4.69, 9.17) is 25.5 Å². The molecule has 1 aliphatic heterocycles. The van der Waals surface area contributed by atoms with Crippen molar-refractivity contribution < 1.29 is 30.3 Å². The highest BCUT2D eigenvalue weighted by molar-refractivity contribution is 5.09. The van der Waals surface area contributed by atoms with Gasteiger partial charge in [0.05, 0.1) is 6.61 Å². The fourth-order valence-electron chi connectivity index (χ4n) is 0.929. The molecule has 0 bridgehead atoms. The van der Waals surface area contributed by atoms with Gasteiger partial charge in [0.1, 0.15) is 6.10 Å². The second-order valence-corrected chi connectivity index (χ2v) is 2.47. The predicted molar refractivity (Wildman–Crippen MR) is 36.3 cm³/mol. The Kier molecular flexibility index (Phi) is 2.41. The summed E-state index contributed by atoms with van der Waals surface area (Å²) >= 11 is 0. The molecule has 0 radical (unpaired) electrons. The van der Waals surface area contributed by atoms with Crippen molar-refractivity contribution in [2.75, 3.05) is 6.61 Å². The highest BCUT2D eigenvalue weighted by Gasteiger charge is 2.40. The molecule has 0 aromatic rings. The topological polar surface area (TPSA) is 110 Å². The monoisotopic (exact) mass is 178 g/mol. The third-order valence-corrected chi connectivity index (χ3v) is 1.62. The maximum Gasteiger partial charge on any atom is 0.319 e. The summed E-state index contributed by atoms with van der Waals surface area (Å²) < 4.78 is 4.46. The number of hydrogen-bond donors (Lipinski definition) is 5. The second-order valence-electron chi connectivity index (χ2n) is 2.47. The van der Waals surface area contributed by atoms with E-state index < -0.39 is 36.6 Å². The molecule has 0 saturated carbocycles. The van der Waals surface area contributed by atoms with Gasteiger partial charge >= 0.3 is 5.95 Å². The molecule has 0 saturated heterocycles. The van der Waals surface area contributed by atoms with E-state index in [1.807, 2.05) is 0 Å². The molecule has 6 heteroatoms. The molecule has 12 heavy (non-hydrogen) atoms. The normalized spacial score (nSPS) is 31.9.